The molecule has 7 rings (SSSR count). The molecule has 4 aromatic rings. The standard InChI is InChI=1S/C47H51N3O7/c1-3-25-56-47-43(50(46(54)33-19-17-31(29-48)18-20-33)30-35-14-10-13-32-11-4-5-15-37(32)35)28-41(49-55-2)39-26-34(12-6-8-23-51)38(16-7-9-24-52)44(45(39)47)40-27-36(53)21-22-42(40)57-47/h3-5,10-11,13-15,17-22,26-27,34,38,43-45,51-53H,1,6-9,12,16,23-25,28,30H2,2H3. The first kappa shape index (κ1) is 39.8. The molecular weight excluding hydrogens is 719 g/mol. The van der Waals surface area contributed by atoms with Crippen molar-refractivity contribution < 1.29 is 34.4 Å². The highest BCUT2D eigenvalue weighted by Gasteiger charge is 2.65. The van der Waals surface area contributed by atoms with E-state index < -0.39 is 17.7 Å². The highest BCUT2D eigenvalue weighted by Crippen LogP contribution is 2.62. The summed E-state index contributed by atoms with van der Waals surface area (Å²) in [5.41, 5.74) is 4.24. The summed E-state index contributed by atoms with van der Waals surface area (Å²) in [7, 11) is 1.52. The fourth-order valence-electron chi connectivity index (χ4n) is 9.56. The highest BCUT2D eigenvalue weighted by atomic mass is 16.7. The second-order valence-electron chi connectivity index (χ2n) is 15.2. The summed E-state index contributed by atoms with van der Waals surface area (Å²) in [5.74, 6) is -1.70. The van der Waals surface area contributed by atoms with Gasteiger partial charge >= 0.3 is 0 Å². The minimum absolute atomic E-state index is 0.0310. The van der Waals surface area contributed by atoms with Gasteiger partial charge in [-0.2, -0.15) is 5.26 Å². The number of aromatic hydroxyl groups is 1. The quantitative estimate of drug-likeness (QED) is 0.0591. The molecule has 0 aromatic heterocycles. The van der Waals surface area contributed by atoms with E-state index in [2.05, 4.69) is 42.1 Å². The number of allylic oxidation sites excluding steroid dienone is 1. The van der Waals surface area contributed by atoms with Crippen molar-refractivity contribution in [3.05, 3.63) is 131 Å². The maximum absolute atomic E-state index is 15.3. The topological polar surface area (TPSA) is 145 Å². The van der Waals surface area contributed by atoms with Gasteiger partial charge in [-0.15, -0.1) is 6.58 Å². The molecule has 6 atom stereocenters. The number of benzene rings is 4. The third kappa shape index (κ3) is 7.80. The van der Waals surface area contributed by atoms with Crippen LogP contribution in [0.4, 0.5) is 0 Å². The van der Waals surface area contributed by atoms with E-state index in [0.29, 0.717) is 35.4 Å². The molecule has 0 bridgehead atoms. The summed E-state index contributed by atoms with van der Waals surface area (Å²) in [6, 6.07) is 27.4. The fraction of sp³-hybridized carbons (Fsp3) is 0.383. The molecule has 57 heavy (non-hydrogen) atoms. The van der Waals surface area contributed by atoms with E-state index in [4.69, 9.17) is 14.3 Å². The van der Waals surface area contributed by atoms with Gasteiger partial charge in [0, 0.05) is 43.2 Å². The van der Waals surface area contributed by atoms with Crippen LogP contribution in [0.5, 0.6) is 11.5 Å². The number of hydrogen-bond donors (Lipinski definition) is 3. The summed E-state index contributed by atoms with van der Waals surface area (Å²) in [4.78, 5) is 22.7. The van der Waals surface area contributed by atoms with Crippen molar-refractivity contribution in [2.45, 2.75) is 69.2 Å². The van der Waals surface area contributed by atoms with Crippen molar-refractivity contribution in [1.82, 2.24) is 4.90 Å². The summed E-state index contributed by atoms with van der Waals surface area (Å²) < 4.78 is 14.3. The van der Waals surface area contributed by atoms with Crippen LogP contribution in [0.15, 0.2) is 114 Å². The molecule has 10 heteroatoms. The molecule has 1 amide bonds. The molecule has 296 valence electrons. The lowest BCUT2D eigenvalue weighted by Crippen LogP contribution is -2.70. The molecule has 1 heterocycles. The Balaban J connectivity index is 1.48. The van der Waals surface area contributed by atoms with Crippen LogP contribution in [0, 0.1) is 29.1 Å². The average Bonchev–Trinajstić information content (AvgIpc) is 3.24. The molecular formula is C47H51N3O7. The Morgan fingerprint density at radius 2 is 1.77 bits per heavy atom. The lowest BCUT2D eigenvalue weighted by Gasteiger charge is -2.60. The molecule has 3 N–H and O–H groups in total. The Morgan fingerprint density at radius 3 is 2.51 bits per heavy atom. The molecule has 3 aliphatic rings. The molecule has 2 aliphatic carbocycles. The maximum atomic E-state index is 15.3. The average molecular weight is 770 g/mol. The number of fused-ring (bicyclic) bond motifs is 3. The fourth-order valence-corrected chi connectivity index (χ4v) is 9.56. The second kappa shape index (κ2) is 17.8. The van der Waals surface area contributed by atoms with Crippen LogP contribution >= 0.6 is 0 Å². The molecule has 0 spiro atoms. The Morgan fingerprint density at radius 1 is 1.02 bits per heavy atom. The van der Waals surface area contributed by atoms with E-state index in [1.54, 1.807) is 48.5 Å². The Labute approximate surface area is 334 Å². The number of carbonyl (C=O) groups is 1. The number of nitrogens with zero attached hydrogens (tertiary/aromatic N) is 3. The lowest BCUT2D eigenvalue weighted by molar-refractivity contribution is -0.255. The molecule has 1 saturated carbocycles. The van der Waals surface area contributed by atoms with Crippen molar-refractivity contribution in [1.29, 1.82) is 5.26 Å². The molecule has 0 saturated heterocycles. The van der Waals surface area contributed by atoms with Gasteiger partial charge in [0.2, 0.25) is 5.79 Å². The molecule has 6 unspecified atom stereocenters. The minimum atomic E-state index is -1.46. The number of ether oxygens (including phenoxy) is 2. The van der Waals surface area contributed by atoms with Gasteiger partial charge in [-0.1, -0.05) is 72.6 Å². The first-order valence-electron chi connectivity index (χ1n) is 20.0. The normalized spacial score (nSPS) is 24.1. The predicted molar refractivity (Wildman–Crippen MR) is 219 cm³/mol. The van der Waals surface area contributed by atoms with Gasteiger partial charge < -0.3 is 34.5 Å². The number of carbonyl (C=O) groups excluding carboxylic acids is 1. The summed E-state index contributed by atoms with van der Waals surface area (Å²) >= 11 is 0. The van der Waals surface area contributed by atoms with E-state index in [-0.39, 0.29) is 62.2 Å². The third-order valence-electron chi connectivity index (χ3n) is 12.0. The summed E-state index contributed by atoms with van der Waals surface area (Å²) in [6.07, 6.45) is 8.74. The molecule has 1 fully saturated rings. The third-order valence-corrected chi connectivity index (χ3v) is 12.0. The van der Waals surface area contributed by atoms with Crippen LogP contribution in [-0.4, -0.2) is 70.6 Å². The van der Waals surface area contributed by atoms with Gasteiger partial charge in [0.05, 0.1) is 29.9 Å². The number of phenolic OH excluding ortho intramolecular Hbond substituents is 1. The summed E-state index contributed by atoms with van der Waals surface area (Å²) in [6.45, 7) is 4.53. The maximum Gasteiger partial charge on any atom is 0.254 e. The van der Waals surface area contributed by atoms with Gasteiger partial charge in [-0.3, -0.25) is 4.79 Å². The van der Waals surface area contributed by atoms with Crippen LogP contribution in [0.3, 0.4) is 0 Å². The van der Waals surface area contributed by atoms with E-state index in [1.165, 1.54) is 7.11 Å². The molecule has 10 nitrogen and oxygen atoms in total. The molecule has 4 aromatic carbocycles. The number of unbranched alkanes of at least 4 members (excludes halogenated alkanes) is 2. The van der Waals surface area contributed by atoms with Gasteiger partial charge in [0.25, 0.3) is 5.91 Å². The number of nitriles is 1. The first-order chi connectivity index (χ1) is 27.9. The van der Waals surface area contributed by atoms with Crippen LogP contribution in [-0.2, 0) is 16.1 Å². The van der Waals surface area contributed by atoms with Crippen LogP contribution < -0.4 is 4.74 Å². The second-order valence-corrected chi connectivity index (χ2v) is 15.2. The SMILES string of the molecule is C=CCOC12Oc3ccc(O)cc3C3C(CCCCO)C(CCCCO)C=C(C(=NOC)CC1N(Cc1cccc4ccccc14)C(=O)c1ccc(C#N)cc1)C32. The minimum Gasteiger partial charge on any atom is -0.508 e. The Hall–Kier alpha value is -5.47. The van der Waals surface area contributed by atoms with Gasteiger partial charge in [0.15, 0.2) is 0 Å². The summed E-state index contributed by atoms with van der Waals surface area (Å²) in [5, 5.41) is 47.0. The van der Waals surface area contributed by atoms with E-state index in [1.807, 2.05) is 29.2 Å². The number of phenols is 1. The number of oxime groups is 1. The van der Waals surface area contributed by atoms with Gasteiger partial charge in [-0.05, 0) is 102 Å². The molecule has 1 aliphatic heterocycles. The zero-order valence-electron chi connectivity index (χ0n) is 32.4. The highest BCUT2D eigenvalue weighted by molar-refractivity contribution is 6.03. The zero-order valence-corrected chi connectivity index (χ0v) is 32.4. The largest absolute Gasteiger partial charge is 0.508 e. The lowest BCUT2D eigenvalue weighted by atomic mass is 9.55. The van der Waals surface area contributed by atoms with Crippen molar-refractivity contribution in [3.63, 3.8) is 0 Å². The smallest absolute Gasteiger partial charge is 0.254 e. The van der Waals surface area contributed by atoms with Crippen molar-refractivity contribution in [2.75, 3.05) is 26.9 Å². The van der Waals surface area contributed by atoms with Crippen molar-refractivity contribution in [3.8, 4) is 17.6 Å². The first-order valence-corrected chi connectivity index (χ1v) is 20.0. The van der Waals surface area contributed by atoms with Crippen molar-refractivity contribution in [2.24, 2.45) is 22.9 Å². The Kier molecular flexibility index (Phi) is 12.4. The van der Waals surface area contributed by atoms with E-state index in [0.717, 1.165) is 53.2 Å². The van der Waals surface area contributed by atoms with Crippen molar-refractivity contribution >= 4 is 22.4 Å². The zero-order chi connectivity index (χ0) is 39.9. The van der Waals surface area contributed by atoms with Crippen LogP contribution in [0.1, 0.15) is 77.9 Å². The number of aliphatic hydroxyl groups is 2. The van der Waals surface area contributed by atoms with Crippen LogP contribution in [0.25, 0.3) is 10.8 Å². The number of hydrogen-bond acceptors (Lipinski definition) is 9. The van der Waals surface area contributed by atoms with E-state index >= 15 is 4.79 Å². The predicted octanol–water partition coefficient (Wildman–Crippen LogP) is 8.02. The van der Waals surface area contributed by atoms with Crippen LogP contribution in [0.2, 0.25) is 0 Å². The Bertz CT molecular complexity index is 2170. The monoisotopic (exact) mass is 769 g/mol. The molecule has 0 radical (unpaired) electrons. The van der Waals surface area contributed by atoms with E-state index in [9.17, 15) is 20.6 Å². The van der Waals surface area contributed by atoms with Gasteiger partial charge in [0.1, 0.15) is 24.7 Å². The number of aliphatic hydroxyl groups excluding tert-OH is 2. The number of rotatable bonds is 16. The van der Waals surface area contributed by atoms with Gasteiger partial charge in [-0.25, -0.2) is 0 Å². The number of amides is 1.